The third-order valence-corrected chi connectivity index (χ3v) is 4.25. The van der Waals surface area contributed by atoms with Gasteiger partial charge in [0.05, 0.1) is 10.2 Å². The summed E-state index contributed by atoms with van der Waals surface area (Å²) in [4.78, 5) is 7.84. The average molecular weight is 253 g/mol. The molecule has 5 heteroatoms. The van der Waals surface area contributed by atoms with Gasteiger partial charge >= 0.3 is 0 Å². The summed E-state index contributed by atoms with van der Waals surface area (Å²) in [7, 11) is 0. The smallest absolute Gasteiger partial charge is 0.167 e. The SMILES string of the molecule is CCN(CC)NSc1nc2ccccc2s1. The lowest BCUT2D eigenvalue weighted by atomic mass is 10.3. The number of thiazole rings is 1. The van der Waals surface area contributed by atoms with E-state index in [-0.39, 0.29) is 0 Å². The van der Waals surface area contributed by atoms with Crippen LogP contribution in [-0.2, 0) is 0 Å². The maximum absolute atomic E-state index is 4.55. The number of aromatic nitrogens is 1. The van der Waals surface area contributed by atoms with Crippen LogP contribution in [0.3, 0.4) is 0 Å². The van der Waals surface area contributed by atoms with E-state index in [2.05, 4.69) is 34.7 Å². The number of rotatable bonds is 5. The van der Waals surface area contributed by atoms with E-state index >= 15 is 0 Å². The lowest BCUT2D eigenvalue weighted by molar-refractivity contribution is 0.280. The second-order valence-electron chi connectivity index (χ2n) is 3.31. The Labute approximate surface area is 104 Å². The van der Waals surface area contributed by atoms with Crippen molar-refractivity contribution < 1.29 is 0 Å². The quantitative estimate of drug-likeness (QED) is 0.654. The Kier molecular flexibility index (Phi) is 4.17. The van der Waals surface area contributed by atoms with E-state index in [0.717, 1.165) is 22.9 Å². The van der Waals surface area contributed by atoms with Crippen LogP contribution in [0.2, 0.25) is 0 Å². The van der Waals surface area contributed by atoms with Gasteiger partial charge in [-0.25, -0.2) is 9.99 Å². The molecular weight excluding hydrogens is 238 g/mol. The predicted molar refractivity (Wildman–Crippen MR) is 71.5 cm³/mol. The van der Waals surface area contributed by atoms with Gasteiger partial charge in [-0.15, -0.1) is 11.3 Å². The maximum Gasteiger partial charge on any atom is 0.167 e. The zero-order valence-corrected chi connectivity index (χ0v) is 11.1. The van der Waals surface area contributed by atoms with Crippen molar-refractivity contribution in [3.8, 4) is 0 Å². The molecule has 0 spiro atoms. The summed E-state index contributed by atoms with van der Waals surface area (Å²) in [5.41, 5.74) is 1.08. The number of fused-ring (bicyclic) bond motifs is 1. The lowest BCUT2D eigenvalue weighted by Crippen LogP contribution is -2.32. The Bertz CT molecular complexity index is 418. The molecule has 0 aliphatic rings. The number of para-hydroxylation sites is 1. The van der Waals surface area contributed by atoms with Crippen molar-refractivity contribution in [1.82, 2.24) is 14.8 Å². The highest BCUT2D eigenvalue weighted by molar-refractivity contribution is 7.99. The topological polar surface area (TPSA) is 28.2 Å². The third-order valence-electron chi connectivity index (χ3n) is 2.30. The van der Waals surface area contributed by atoms with Crippen molar-refractivity contribution >= 4 is 33.5 Å². The number of hydrazine groups is 1. The fraction of sp³-hybridized carbons (Fsp3) is 0.364. The molecule has 0 unspecified atom stereocenters. The van der Waals surface area contributed by atoms with Crippen LogP contribution in [0, 0.1) is 0 Å². The highest BCUT2D eigenvalue weighted by Crippen LogP contribution is 2.27. The van der Waals surface area contributed by atoms with E-state index in [1.807, 2.05) is 18.2 Å². The van der Waals surface area contributed by atoms with Crippen LogP contribution < -0.4 is 4.83 Å². The van der Waals surface area contributed by atoms with Crippen molar-refractivity contribution in [2.24, 2.45) is 0 Å². The predicted octanol–water partition coefficient (Wildman–Crippen LogP) is 3.15. The van der Waals surface area contributed by atoms with Gasteiger partial charge in [-0.3, -0.25) is 0 Å². The van der Waals surface area contributed by atoms with Crippen LogP contribution in [0.1, 0.15) is 13.8 Å². The molecule has 0 amide bonds. The summed E-state index contributed by atoms with van der Waals surface area (Å²) < 4.78 is 2.31. The molecule has 0 aliphatic heterocycles. The van der Waals surface area contributed by atoms with Gasteiger partial charge < -0.3 is 0 Å². The monoisotopic (exact) mass is 253 g/mol. The van der Waals surface area contributed by atoms with Crippen LogP contribution in [0.5, 0.6) is 0 Å². The zero-order valence-electron chi connectivity index (χ0n) is 9.43. The van der Waals surface area contributed by atoms with E-state index in [1.54, 1.807) is 23.3 Å². The van der Waals surface area contributed by atoms with Gasteiger partial charge in [0.1, 0.15) is 0 Å². The molecule has 1 heterocycles. The third kappa shape index (κ3) is 2.74. The number of nitrogens with one attached hydrogen (secondary N) is 1. The highest BCUT2D eigenvalue weighted by Gasteiger charge is 2.05. The Balaban J connectivity index is 2.04. The second kappa shape index (κ2) is 5.63. The molecule has 0 bridgehead atoms. The minimum Gasteiger partial charge on any atom is -0.235 e. The van der Waals surface area contributed by atoms with Crippen LogP contribution in [0.4, 0.5) is 0 Å². The van der Waals surface area contributed by atoms with Crippen molar-refractivity contribution in [2.75, 3.05) is 13.1 Å². The average Bonchev–Trinajstić information content (AvgIpc) is 2.73. The van der Waals surface area contributed by atoms with Gasteiger partial charge in [-0.05, 0) is 12.1 Å². The number of nitrogens with zero attached hydrogens (tertiary/aromatic N) is 2. The fourth-order valence-corrected chi connectivity index (χ4v) is 3.21. The molecule has 0 fully saturated rings. The molecule has 1 aromatic heterocycles. The zero-order chi connectivity index (χ0) is 11.4. The molecule has 1 aromatic carbocycles. The molecule has 0 saturated carbocycles. The molecule has 0 saturated heterocycles. The summed E-state index contributed by atoms with van der Waals surface area (Å²) in [6, 6.07) is 8.23. The standard InChI is InChI=1S/C11H15N3S2/c1-3-14(4-2)13-16-11-12-9-7-5-6-8-10(9)15-11/h5-8,13H,3-4H2,1-2H3. The molecule has 3 nitrogen and oxygen atoms in total. The largest absolute Gasteiger partial charge is 0.235 e. The van der Waals surface area contributed by atoms with Gasteiger partial charge in [-0.1, -0.05) is 26.0 Å². The van der Waals surface area contributed by atoms with Crippen molar-refractivity contribution in [3.05, 3.63) is 24.3 Å². The van der Waals surface area contributed by atoms with Crippen LogP contribution >= 0.6 is 23.3 Å². The van der Waals surface area contributed by atoms with E-state index < -0.39 is 0 Å². The summed E-state index contributed by atoms with van der Waals surface area (Å²) in [6.07, 6.45) is 0. The molecule has 16 heavy (non-hydrogen) atoms. The summed E-state index contributed by atoms with van der Waals surface area (Å²) in [5, 5.41) is 2.15. The Morgan fingerprint density at radius 3 is 2.75 bits per heavy atom. The summed E-state index contributed by atoms with van der Waals surface area (Å²) >= 11 is 3.31. The summed E-state index contributed by atoms with van der Waals surface area (Å²) in [6.45, 7) is 6.26. The molecular formula is C11H15N3S2. The van der Waals surface area contributed by atoms with E-state index in [9.17, 15) is 0 Å². The molecule has 0 atom stereocenters. The van der Waals surface area contributed by atoms with E-state index in [0.29, 0.717) is 0 Å². The Hall–Kier alpha value is -0.620. The first-order chi connectivity index (χ1) is 7.83. The number of hydrogen-bond donors (Lipinski definition) is 1. The Morgan fingerprint density at radius 2 is 2.06 bits per heavy atom. The summed E-state index contributed by atoms with van der Waals surface area (Å²) in [5.74, 6) is 0. The minimum absolute atomic E-state index is 0.994. The molecule has 2 rings (SSSR count). The lowest BCUT2D eigenvalue weighted by Gasteiger charge is -2.16. The molecule has 2 aromatic rings. The number of benzene rings is 1. The van der Waals surface area contributed by atoms with Gasteiger partial charge in [0.2, 0.25) is 0 Å². The van der Waals surface area contributed by atoms with Crippen LogP contribution in [0.15, 0.2) is 28.6 Å². The second-order valence-corrected chi connectivity index (χ2v) is 5.38. The van der Waals surface area contributed by atoms with Crippen LogP contribution in [0.25, 0.3) is 10.2 Å². The first kappa shape index (κ1) is 11.9. The highest BCUT2D eigenvalue weighted by atomic mass is 32.2. The van der Waals surface area contributed by atoms with Crippen LogP contribution in [-0.4, -0.2) is 23.1 Å². The van der Waals surface area contributed by atoms with Gasteiger partial charge in [0, 0.05) is 25.0 Å². The fourth-order valence-electron chi connectivity index (χ4n) is 1.35. The van der Waals surface area contributed by atoms with Gasteiger partial charge in [0.25, 0.3) is 0 Å². The molecule has 0 aliphatic carbocycles. The Morgan fingerprint density at radius 1 is 1.31 bits per heavy atom. The molecule has 1 N–H and O–H groups in total. The first-order valence-corrected chi connectivity index (χ1v) is 6.99. The van der Waals surface area contributed by atoms with E-state index in [1.165, 1.54) is 4.70 Å². The molecule has 86 valence electrons. The normalized spacial score (nSPS) is 11.4. The van der Waals surface area contributed by atoms with Crippen molar-refractivity contribution in [1.29, 1.82) is 0 Å². The maximum atomic E-state index is 4.55. The van der Waals surface area contributed by atoms with Gasteiger partial charge in [0.15, 0.2) is 4.34 Å². The van der Waals surface area contributed by atoms with E-state index in [4.69, 9.17) is 0 Å². The molecule has 0 radical (unpaired) electrons. The van der Waals surface area contributed by atoms with Crippen molar-refractivity contribution in [3.63, 3.8) is 0 Å². The number of hydrogen-bond acceptors (Lipinski definition) is 5. The van der Waals surface area contributed by atoms with Gasteiger partial charge in [-0.2, -0.15) is 4.83 Å². The van der Waals surface area contributed by atoms with Crippen molar-refractivity contribution in [2.45, 2.75) is 18.2 Å². The minimum atomic E-state index is 0.994. The first-order valence-electron chi connectivity index (χ1n) is 5.36.